The Morgan fingerprint density at radius 2 is 2.14 bits per heavy atom. The summed E-state index contributed by atoms with van der Waals surface area (Å²) in [5.74, 6) is 0.518. The third-order valence-corrected chi connectivity index (χ3v) is 5.21. The second-order valence-corrected chi connectivity index (χ2v) is 8.48. The fourth-order valence-corrected chi connectivity index (χ4v) is 3.72. The summed E-state index contributed by atoms with van der Waals surface area (Å²) >= 11 is 1.53. The lowest BCUT2D eigenvalue weighted by Crippen LogP contribution is -2.20. The van der Waals surface area contributed by atoms with Gasteiger partial charge in [-0.25, -0.2) is 9.97 Å². The van der Waals surface area contributed by atoms with Crippen molar-refractivity contribution in [3.8, 4) is 6.07 Å². The number of nitriles is 1. The first-order valence-corrected chi connectivity index (χ1v) is 10.0. The highest BCUT2D eigenvalue weighted by Crippen LogP contribution is 2.38. The predicted molar refractivity (Wildman–Crippen MR) is 114 cm³/mol. The molecule has 0 aliphatic carbocycles. The van der Waals surface area contributed by atoms with Crippen LogP contribution in [0.5, 0.6) is 0 Å². The Kier molecular flexibility index (Phi) is 6.00. The molecule has 6 nitrogen and oxygen atoms in total. The summed E-state index contributed by atoms with van der Waals surface area (Å²) in [6, 6.07) is 6.28. The van der Waals surface area contributed by atoms with Gasteiger partial charge in [0.25, 0.3) is 0 Å². The largest absolute Gasteiger partial charge is 0.354 e. The number of nitrogens with one attached hydrogen (secondary N) is 2. The van der Waals surface area contributed by atoms with E-state index in [4.69, 9.17) is 0 Å². The Bertz CT molecular complexity index is 951. The van der Waals surface area contributed by atoms with E-state index in [9.17, 15) is 5.26 Å². The molecule has 0 bridgehead atoms. The summed E-state index contributed by atoms with van der Waals surface area (Å²) in [6.45, 7) is 9.03. The predicted octanol–water partition coefficient (Wildman–Crippen LogP) is 4.25. The Labute approximate surface area is 170 Å². The minimum Gasteiger partial charge on any atom is -0.354 e. The van der Waals surface area contributed by atoms with Crippen LogP contribution in [0.25, 0.3) is 5.57 Å². The highest BCUT2D eigenvalue weighted by atomic mass is 32.2. The zero-order valence-electron chi connectivity index (χ0n) is 16.6. The first-order chi connectivity index (χ1) is 13.4. The van der Waals surface area contributed by atoms with Gasteiger partial charge >= 0.3 is 0 Å². The van der Waals surface area contributed by atoms with Crippen molar-refractivity contribution >= 4 is 23.3 Å². The zero-order chi connectivity index (χ0) is 20.1. The van der Waals surface area contributed by atoms with E-state index in [2.05, 4.69) is 57.8 Å². The molecular formula is C21H24N6S. The number of pyridine rings is 1. The Morgan fingerprint density at radius 1 is 1.32 bits per heavy atom. The smallest absolute Gasteiger partial charge is 0.223 e. The average molecular weight is 393 g/mol. The fourth-order valence-electron chi connectivity index (χ4n) is 2.64. The Balaban J connectivity index is 1.77. The summed E-state index contributed by atoms with van der Waals surface area (Å²) in [5, 5.41) is 19.3. The minimum absolute atomic E-state index is 0.00492. The number of thioether (sulfide) groups is 1. The van der Waals surface area contributed by atoms with E-state index in [0.717, 1.165) is 28.3 Å². The number of rotatable bonds is 5. The second kappa shape index (κ2) is 8.44. The number of nitrogens with zero attached hydrogens (tertiary/aromatic N) is 4. The van der Waals surface area contributed by atoms with Gasteiger partial charge in [-0.15, -0.1) is 0 Å². The Morgan fingerprint density at radius 3 is 2.79 bits per heavy atom. The maximum Gasteiger partial charge on any atom is 0.223 e. The summed E-state index contributed by atoms with van der Waals surface area (Å²) in [6.07, 6.45) is 6.19. The Hall–Kier alpha value is -2.85. The molecule has 144 valence electrons. The van der Waals surface area contributed by atoms with E-state index < -0.39 is 0 Å². The molecule has 0 saturated heterocycles. The summed E-state index contributed by atoms with van der Waals surface area (Å²) in [7, 11) is 0. The SMILES string of the molecule is Cc1cnc(NCCc2cccnc2)nc1C(C#N)=C1NC(C(C)(C)C)=CS1. The molecule has 1 aliphatic heterocycles. The topological polar surface area (TPSA) is 86.5 Å². The van der Waals surface area contributed by atoms with Gasteiger partial charge in [-0.2, -0.15) is 5.26 Å². The number of aryl methyl sites for hydroxylation is 1. The molecule has 7 heteroatoms. The van der Waals surface area contributed by atoms with Crippen LogP contribution in [-0.4, -0.2) is 21.5 Å². The van der Waals surface area contributed by atoms with Gasteiger partial charge in [-0.1, -0.05) is 38.6 Å². The van der Waals surface area contributed by atoms with Gasteiger partial charge in [-0.05, 0) is 35.9 Å². The fraction of sp³-hybridized carbons (Fsp3) is 0.333. The van der Waals surface area contributed by atoms with Crippen molar-refractivity contribution < 1.29 is 0 Å². The van der Waals surface area contributed by atoms with Crippen molar-refractivity contribution in [1.29, 1.82) is 5.26 Å². The molecule has 0 radical (unpaired) electrons. The number of anilines is 1. The summed E-state index contributed by atoms with van der Waals surface area (Å²) < 4.78 is 0. The normalized spacial score (nSPS) is 15.5. The molecule has 0 spiro atoms. The number of aromatic nitrogens is 3. The molecule has 2 N–H and O–H groups in total. The van der Waals surface area contributed by atoms with E-state index in [0.29, 0.717) is 23.8 Å². The molecule has 3 rings (SSSR count). The lowest BCUT2D eigenvalue weighted by Gasteiger charge is -2.20. The number of hydrogen-bond acceptors (Lipinski definition) is 7. The maximum atomic E-state index is 9.80. The van der Waals surface area contributed by atoms with Gasteiger partial charge in [0.05, 0.1) is 10.7 Å². The molecular weight excluding hydrogens is 368 g/mol. The standard InChI is InChI=1S/C21H24N6S/c1-14-11-25-20(24-9-7-15-6-5-8-23-12-15)27-18(14)16(10-22)19-26-17(13-28-19)21(2,3)4/h5-6,8,11-13,26H,7,9H2,1-4H3,(H,24,25,27). The van der Waals surface area contributed by atoms with Crippen LogP contribution in [0.2, 0.25) is 0 Å². The molecule has 28 heavy (non-hydrogen) atoms. The molecule has 0 atom stereocenters. The van der Waals surface area contributed by atoms with Crippen molar-refractivity contribution in [1.82, 2.24) is 20.3 Å². The van der Waals surface area contributed by atoms with Gasteiger partial charge in [0.1, 0.15) is 11.6 Å². The molecule has 0 aromatic carbocycles. The molecule has 2 aromatic rings. The summed E-state index contributed by atoms with van der Waals surface area (Å²) in [5.41, 5.74) is 4.30. The number of hydrogen-bond donors (Lipinski definition) is 2. The van der Waals surface area contributed by atoms with Crippen LogP contribution in [0.15, 0.2) is 46.9 Å². The summed E-state index contributed by atoms with van der Waals surface area (Å²) in [4.78, 5) is 13.1. The van der Waals surface area contributed by atoms with Crippen LogP contribution in [0.4, 0.5) is 5.95 Å². The third-order valence-electron chi connectivity index (χ3n) is 4.32. The second-order valence-electron chi connectivity index (χ2n) is 7.60. The van der Waals surface area contributed by atoms with E-state index in [1.807, 2.05) is 25.3 Å². The van der Waals surface area contributed by atoms with E-state index in [-0.39, 0.29) is 5.41 Å². The van der Waals surface area contributed by atoms with Gasteiger partial charge in [0, 0.05) is 36.2 Å². The third kappa shape index (κ3) is 4.70. The van der Waals surface area contributed by atoms with Crippen molar-refractivity contribution in [2.24, 2.45) is 5.41 Å². The first kappa shape index (κ1) is 19.9. The monoisotopic (exact) mass is 392 g/mol. The van der Waals surface area contributed by atoms with Gasteiger partial charge in [0.15, 0.2) is 0 Å². The molecule has 0 saturated carbocycles. The van der Waals surface area contributed by atoms with Crippen LogP contribution in [0.1, 0.15) is 37.6 Å². The minimum atomic E-state index is -0.00492. The van der Waals surface area contributed by atoms with Gasteiger partial charge in [0.2, 0.25) is 5.95 Å². The molecule has 0 fully saturated rings. The molecule has 0 unspecified atom stereocenters. The van der Waals surface area contributed by atoms with Crippen molar-refractivity contribution in [2.75, 3.05) is 11.9 Å². The van der Waals surface area contributed by atoms with E-state index in [1.165, 1.54) is 11.8 Å². The van der Waals surface area contributed by atoms with Crippen molar-refractivity contribution in [3.63, 3.8) is 0 Å². The molecule has 1 aliphatic rings. The number of allylic oxidation sites excluding steroid dienone is 2. The van der Waals surface area contributed by atoms with Gasteiger partial charge < -0.3 is 10.6 Å². The molecule has 3 heterocycles. The molecule has 0 amide bonds. The van der Waals surface area contributed by atoms with Crippen LogP contribution >= 0.6 is 11.8 Å². The quantitative estimate of drug-likeness (QED) is 0.736. The highest BCUT2D eigenvalue weighted by Gasteiger charge is 2.25. The van der Waals surface area contributed by atoms with Crippen LogP contribution < -0.4 is 10.6 Å². The van der Waals surface area contributed by atoms with Crippen LogP contribution in [0.3, 0.4) is 0 Å². The van der Waals surface area contributed by atoms with Crippen LogP contribution in [-0.2, 0) is 6.42 Å². The first-order valence-electron chi connectivity index (χ1n) is 9.14. The molecule has 2 aromatic heterocycles. The van der Waals surface area contributed by atoms with Crippen LogP contribution in [0, 0.1) is 23.7 Å². The lowest BCUT2D eigenvalue weighted by atomic mass is 9.93. The maximum absolute atomic E-state index is 9.80. The highest BCUT2D eigenvalue weighted by molar-refractivity contribution is 8.06. The average Bonchev–Trinajstić information content (AvgIpc) is 3.16. The van der Waals surface area contributed by atoms with Gasteiger partial charge in [-0.3, -0.25) is 4.98 Å². The zero-order valence-corrected chi connectivity index (χ0v) is 17.4. The van der Waals surface area contributed by atoms with E-state index >= 15 is 0 Å². The van der Waals surface area contributed by atoms with E-state index in [1.54, 1.807) is 12.4 Å². The van der Waals surface area contributed by atoms with Crippen molar-refractivity contribution in [3.05, 3.63) is 63.7 Å². The van der Waals surface area contributed by atoms with Crippen molar-refractivity contribution in [2.45, 2.75) is 34.1 Å². The lowest BCUT2D eigenvalue weighted by molar-refractivity contribution is 0.481.